The van der Waals surface area contributed by atoms with Gasteiger partial charge in [-0.3, -0.25) is 0 Å². The second-order valence-corrected chi connectivity index (χ2v) is 10.5. The van der Waals surface area contributed by atoms with Gasteiger partial charge in [0.2, 0.25) is 5.69 Å². The van der Waals surface area contributed by atoms with E-state index in [1.165, 1.54) is 37.1 Å². The Morgan fingerprint density at radius 3 is 2.60 bits per heavy atom. The zero-order valence-electron chi connectivity index (χ0n) is 9.39. The van der Waals surface area contributed by atoms with Crippen LogP contribution in [0.4, 0.5) is 0 Å². The van der Waals surface area contributed by atoms with Crippen LogP contribution in [0.25, 0.3) is 0 Å². The number of rotatable bonds is 6. The number of likely N-dealkylation sites (N-methyl/N-ethyl adjacent to an activating group) is 1. The molecule has 15 heavy (non-hydrogen) atoms. The van der Waals surface area contributed by atoms with Crippen LogP contribution >= 0.6 is 17.1 Å². The maximum Gasteiger partial charge on any atom is 0.245 e. The van der Waals surface area contributed by atoms with Crippen molar-refractivity contribution in [2.24, 2.45) is 0 Å². The summed E-state index contributed by atoms with van der Waals surface area (Å²) in [6, 6.07) is 0. The first-order chi connectivity index (χ1) is 6.99. The first kappa shape index (κ1) is 13.9. The van der Waals surface area contributed by atoms with Crippen molar-refractivity contribution in [2.45, 2.75) is 30.9 Å². The highest BCUT2D eigenvalue weighted by molar-refractivity contribution is 8.67. The first-order valence-corrected chi connectivity index (χ1v) is 9.46. The predicted octanol–water partition coefficient (Wildman–Crippen LogP) is 2.46. The van der Waals surface area contributed by atoms with E-state index in [-0.39, 0.29) is 0 Å². The third kappa shape index (κ3) is 6.25. The SMILES string of the molecule is CN(C)CCOP(O)(=S)SC1CCCC1. The van der Waals surface area contributed by atoms with Gasteiger partial charge in [-0.1, -0.05) is 24.2 Å². The maximum atomic E-state index is 9.94. The molecule has 1 rings (SSSR count). The second kappa shape index (κ2) is 6.58. The topological polar surface area (TPSA) is 32.7 Å². The number of hydrogen-bond donors (Lipinski definition) is 1. The van der Waals surface area contributed by atoms with Gasteiger partial charge in [-0.2, -0.15) is 0 Å². The van der Waals surface area contributed by atoms with Gasteiger partial charge in [0.15, 0.2) is 0 Å². The van der Waals surface area contributed by atoms with Crippen molar-refractivity contribution < 1.29 is 9.42 Å². The summed E-state index contributed by atoms with van der Waals surface area (Å²) < 4.78 is 5.40. The first-order valence-electron chi connectivity index (χ1n) is 5.30. The summed E-state index contributed by atoms with van der Waals surface area (Å²) in [6.07, 6.45) is 4.90. The fourth-order valence-corrected chi connectivity index (χ4v) is 6.33. The Morgan fingerprint density at radius 2 is 2.07 bits per heavy atom. The van der Waals surface area contributed by atoms with E-state index in [9.17, 15) is 4.89 Å². The molecule has 0 radical (unpaired) electrons. The minimum Gasteiger partial charge on any atom is -0.337 e. The summed E-state index contributed by atoms with van der Waals surface area (Å²) in [5.41, 5.74) is -2.57. The molecule has 1 N–H and O–H groups in total. The molecule has 0 amide bonds. The van der Waals surface area contributed by atoms with Crippen LogP contribution in [0.15, 0.2) is 0 Å². The molecular formula is C9H20NO2PS2. The molecule has 0 aromatic rings. The van der Waals surface area contributed by atoms with E-state index in [4.69, 9.17) is 16.3 Å². The fraction of sp³-hybridized carbons (Fsp3) is 1.00. The molecule has 3 nitrogen and oxygen atoms in total. The van der Waals surface area contributed by atoms with Crippen molar-refractivity contribution in [3.63, 3.8) is 0 Å². The van der Waals surface area contributed by atoms with E-state index in [2.05, 4.69) is 0 Å². The van der Waals surface area contributed by atoms with Crippen LogP contribution < -0.4 is 0 Å². The lowest BCUT2D eigenvalue weighted by atomic mass is 10.4. The molecule has 1 aliphatic carbocycles. The van der Waals surface area contributed by atoms with Gasteiger partial charge in [0.1, 0.15) is 0 Å². The molecule has 0 heterocycles. The zero-order chi connectivity index (χ0) is 11.3. The van der Waals surface area contributed by atoms with E-state index < -0.39 is 5.69 Å². The van der Waals surface area contributed by atoms with Crippen LogP contribution in [0.5, 0.6) is 0 Å². The Balaban J connectivity index is 2.21. The van der Waals surface area contributed by atoms with Crippen LogP contribution in [0.1, 0.15) is 25.7 Å². The minimum absolute atomic E-state index is 0.528. The van der Waals surface area contributed by atoms with Crippen molar-refractivity contribution in [1.82, 2.24) is 4.90 Å². The second-order valence-electron chi connectivity index (χ2n) is 4.12. The summed E-state index contributed by atoms with van der Waals surface area (Å²) in [4.78, 5) is 12.0. The lowest BCUT2D eigenvalue weighted by Crippen LogP contribution is -2.17. The average molecular weight is 269 g/mol. The van der Waals surface area contributed by atoms with Crippen LogP contribution in [0.2, 0.25) is 0 Å². The highest BCUT2D eigenvalue weighted by Gasteiger charge is 2.24. The quantitative estimate of drug-likeness (QED) is 0.749. The van der Waals surface area contributed by atoms with E-state index in [0.717, 1.165) is 6.54 Å². The van der Waals surface area contributed by atoms with Gasteiger partial charge in [0.25, 0.3) is 0 Å². The number of nitrogens with zero attached hydrogens (tertiary/aromatic N) is 1. The van der Waals surface area contributed by atoms with Gasteiger partial charge in [-0.05, 0) is 38.7 Å². The van der Waals surface area contributed by atoms with E-state index in [1.807, 2.05) is 19.0 Å². The van der Waals surface area contributed by atoms with Crippen molar-refractivity contribution >= 4 is 28.9 Å². The van der Waals surface area contributed by atoms with Gasteiger partial charge in [-0.15, -0.1) is 0 Å². The van der Waals surface area contributed by atoms with E-state index in [1.54, 1.807) is 0 Å². The lowest BCUT2D eigenvalue weighted by molar-refractivity contribution is 0.265. The van der Waals surface area contributed by atoms with E-state index >= 15 is 0 Å². The molecule has 1 saturated carbocycles. The molecule has 6 heteroatoms. The highest BCUT2D eigenvalue weighted by Crippen LogP contribution is 2.60. The van der Waals surface area contributed by atoms with Gasteiger partial charge in [0, 0.05) is 11.8 Å². The Labute approximate surface area is 101 Å². The van der Waals surface area contributed by atoms with Gasteiger partial charge >= 0.3 is 0 Å². The summed E-state index contributed by atoms with van der Waals surface area (Å²) in [5, 5.41) is 0.528. The summed E-state index contributed by atoms with van der Waals surface area (Å²) in [5.74, 6) is 0. The molecule has 1 atom stereocenters. The fourth-order valence-electron chi connectivity index (χ4n) is 1.55. The standard InChI is InChI=1S/C9H20NO2PS2/c1-10(2)7-8-12-13(11,14)15-9-5-3-4-6-9/h9H,3-8H2,1-2H3,(H,11,14). The van der Waals surface area contributed by atoms with Crippen LogP contribution in [-0.4, -0.2) is 42.3 Å². The average Bonchev–Trinajstić information content (AvgIpc) is 2.54. The van der Waals surface area contributed by atoms with Gasteiger partial charge < -0.3 is 14.3 Å². The monoisotopic (exact) mass is 269 g/mol. The van der Waals surface area contributed by atoms with Crippen molar-refractivity contribution in [1.29, 1.82) is 0 Å². The third-order valence-electron chi connectivity index (χ3n) is 2.38. The van der Waals surface area contributed by atoms with Crippen molar-refractivity contribution in [2.75, 3.05) is 27.2 Å². The predicted molar refractivity (Wildman–Crippen MR) is 70.9 cm³/mol. The van der Waals surface area contributed by atoms with Crippen LogP contribution in [-0.2, 0) is 16.3 Å². The molecular weight excluding hydrogens is 249 g/mol. The molecule has 0 aromatic heterocycles. The summed E-state index contributed by atoms with van der Waals surface area (Å²) in [7, 11) is 3.96. The minimum atomic E-state index is -2.57. The molecule has 1 fully saturated rings. The zero-order valence-corrected chi connectivity index (χ0v) is 11.9. The molecule has 0 saturated heterocycles. The summed E-state index contributed by atoms with van der Waals surface area (Å²) >= 11 is 6.62. The van der Waals surface area contributed by atoms with Crippen molar-refractivity contribution in [3.05, 3.63) is 0 Å². The molecule has 0 aromatic carbocycles. The van der Waals surface area contributed by atoms with Crippen LogP contribution in [0.3, 0.4) is 0 Å². The molecule has 1 aliphatic rings. The molecule has 0 bridgehead atoms. The Hall–Kier alpha value is 0.880. The van der Waals surface area contributed by atoms with Crippen molar-refractivity contribution in [3.8, 4) is 0 Å². The molecule has 0 spiro atoms. The smallest absolute Gasteiger partial charge is 0.245 e. The third-order valence-corrected chi connectivity index (χ3v) is 7.02. The normalized spacial score (nSPS) is 22.1. The Bertz CT molecular complexity index is 232. The van der Waals surface area contributed by atoms with Gasteiger partial charge in [-0.25, -0.2) is 0 Å². The van der Waals surface area contributed by atoms with Crippen LogP contribution in [0, 0.1) is 0 Å². The molecule has 1 unspecified atom stereocenters. The maximum absolute atomic E-state index is 9.94. The van der Waals surface area contributed by atoms with Gasteiger partial charge in [0.05, 0.1) is 6.61 Å². The lowest BCUT2D eigenvalue weighted by Gasteiger charge is -2.19. The largest absolute Gasteiger partial charge is 0.337 e. The Morgan fingerprint density at radius 1 is 1.47 bits per heavy atom. The summed E-state index contributed by atoms with van der Waals surface area (Å²) in [6.45, 7) is 1.34. The molecule has 90 valence electrons. The van der Waals surface area contributed by atoms with E-state index in [0.29, 0.717) is 11.9 Å². The highest BCUT2D eigenvalue weighted by atomic mass is 32.9. The number of hydrogen-bond acceptors (Lipinski definition) is 4. The Kier molecular flexibility index (Phi) is 6.11. The molecule has 0 aliphatic heterocycles.